The molecule has 12 heteroatoms. The van der Waals surface area contributed by atoms with Gasteiger partial charge in [0, 0.05) is 24.4 Å². The van der Waals surface area contributed by atoms with Crippen molar-refractivity contribution >= 4 is 39.2 Å². The first-order chi connectivity index (χ1) is 15.6. The fourth-order valence-corrected chi connectivity index (χ4v) is 4.07. The van der Waals surface area contributed by atoms with Crippen LogP contribution in [0.4, 0.5) is 20.6 Å². The molecule has 0 unspecified atom stereocenters. The molecule has 0 aliphatic carbocycles. The molecule has 1 heterocycles. The molecule has 10 nitrogen and oxygen atoms in total. The molecule has 2 aromatic carbocycles. The van der Waals surface area contributed by atoms with Crippen molar-refractivity contribution in [1.82, 2.24) is 5.32 Å². The summed E-state index contributed by atoms with van der Waals surface area (Å²) >= 11 is 0. The first-order valence-corrected chi connectivity index (χ1v) is 11.8. The number of quaternary nitrogens is 1. The summed E-state index contributed by atoms with van der Waals surface area (Å²) in [5.41, 5.74) is 0.434. The molecule has 1 fully saturated rings. The maximum Gasteiger partial charge on any atom is 0.326 e. The van der Waals surface area contributed by atoms with Crippen LogP contribution < -0.4 is 26.0 Å². The van der Waals surface area contributed by atoms with E-state index in [1.807, 2.05) is 0 Å². The lowest BCUT2D eigenvalue weighted by atomic mass is 9.96. The lowest BCUT2D eigenvalue weighted by Crippen LogP contribution is -3.14. The maximum absolute atomic E-state index is 13.6. The highest BCUT2D eigenvalue weighted by molar-refractivity contribution is 7.89. The van der Waals surface area contributed by atoms with Gasteiger partial charge in [-0.2, -0.15) is 0 Å². The summed E-state index contributed by atoms with van der Waals surface area (Å²) in [6.07, 6.45) is 1.09. The minimum Gasteiger partial charge on any atom is -0.327 e. The minimum atomic E-state index is -3.80. The van der Waals surface area contributed by atoms with Crippen molar-refractivity contribution in [1.29, 1.82) is 0 Å². The second-order valence-corrected chi connectivity index (χ2v) is 9.30. The number of piperidine rings is 1. The number of sulfonamides is 1. The van der Waals surface area contributed by atoms with Crippen LogP contribution in [-0.4, -0.2) is 45.9 Å². The third-order valence-corrected chi connectivity index (χ3v) is 6.23. The summed E-state index contributed by atoms with van der Waals surface area (Å²) < 4.78 is 36.2. The van der Waals surface area contributed by atoms with Crippen molar-refractivity contribution in [2.45, 2.75) is 17.7 Å². The molecule has 0 spiro atoms. The van der Waals surface area contributed by atoms with Gasteiger partial charge in [0.2, 0.25) is 15.9 Å². The summed E-state index contributed by atoms with van der Waals surface area (Å²) in [5, 5.41) is 12.3. The highest BCUT2D eigenvalue weighted by atomic mass is 32.2. The second-order valence-electron chi connectivity index (χ2n) is 7.74. The van der Waals surface area contributed by atoms with Gasteiger partial charge in [0.15, 0.2) is 6.54 Å². The van der Waals surface area contributed by atoms with Gasteiger partial charge in [-0.05, 0) is 36.4 Å². The second kappa shape index (κ2) is 10.5. The third kappa shape index (κ3) is 7.07. The van der Waals surface area contributed by atoms with Crippen LogP contribution in [0.15, 0.2) is 53.4 Å². The number of nitrogens with one attached hydrogen (secondary N) is 4. The molecule has 6 N–H and O–H groups in total. The number of hydrogen-bond acceptors (Lipinski definition) is 5. The number of urea groups is 1. The molecule has 1 aliphatic rings. The molecular weight excluding hydrogens is 453 g/mol. The molecule has 33 heavy (non-hydrogen) atoms. The number of halogens is 1. The summed E-state index contributed by atoms with van der Waals surface area (Å²) in [6, 6.07) is 10.4. The van der Waals surface area contributed by atoms with E-state index < -0.39 is 27.8 Å². The standard InChI is InChI=1S/C21H24FN5O5S/c22-17-3-1-2-4-18(17)25-21(30)26-19(28)13-27-11-9-14(10-12-27)20(29)24-15-5-7-16(8-6-15)33(23,31)32/h1-8,14H,9-13H2,(H,24,29)(H2,23,31,32)(H2,25,26,28,30)/p+1. The van der Waals surface area contributed by atoms with Gasteiger partial charge in [-0.25, -0.2) is 22.7 Å². The average molecular weight is 479 g/mol. The Labute approximate surface area is 190 Å². The normalized spacial score (nSPS) is 18.2. The lowest BCUT2D eigenvalue weighted by Gasteiger charge is -2.28. The van der Waals surface area contributed by atoms with Gasteiger partial charge in [-0.1, -0.05) is 12.1 Å². The average Bonchev–Trinajstić information content (AvgIpc) is 2.75. The molecular formula is C21H25FN5O5S+. The maximum atomic E-state index is 13.6. The zero-order valence-corrected chi connectivity index (χ0v) is 18.5. The number of imide groups is 1. The Kier molecular flexibility index (Phi) is 7.74. The molecule has 0 aromatic heterocycles. The Morgan fingerprint density at radius 1 is 1.00 bits per heavy atom. The summed E-state index contributed by atoms with van der Waals surface area (Å²) in [6.45, 7) is 1.17. The number of carbonyl (C=O) groups is 3. The number of hydrogen-bond donors (Lipinski definition) is 5. The largest absolute Gasteiger partial charge is 0.327 e. The number of likely N-dealkylation sites (tertiary alicyclic amines) is 1. The molecule has 0 bridgehead atoms. The monoisotopic (exact) mass is 478 g/mol. The fourth-order valence-electron chi connectivity index (χ4n) is 3.55. The summed E-state index contributed by atoms with van der Waals surface area (Å²) in [5.74, 6) is -1.55. The Morgan fingerprint density at radius 2 is 1.64 bits per heavy atom. The molecule has 176 valence electrons. The molecule has 0 atom stereocenters. The molecule has 1 saturated heterocycles. The number of nitrogens with two attached hydrogens (primary N) is 1. The van der Waals surface area contributed by atoms with Crippen molar-refractivity contribution in [3.05, 3.63) is 54.3 Å². The van der Waals surface area contributed by atoms with Crippen LogP contribution in [0.3, 0.4) is 0 Å². The van der Waals surface area contributed by atoms with Crippen LogP contribution in [0.5, 0.6) is 0 Å². The predicted octanol–water partition coefficient (Wildman–Crippen LogP) is 0.0548. The van der Waals surface area contributed by atoms with Crippen molar-refractivity contribution < 1.29 is 32.1 Å². The number of para-hydroxylation sites is 1. The summed E-state index contributed by atoms with van der Waals surface area (Å²) in [4.78, 5) is 37.4. The lowest BCUT2D eigenvalue weighted by molar-refractivity contribution is -0.897. The molecule has 4 amide bonds. The molecule has 0 saturated carbocycles. The Morgan fingerprint density at radius 3 is 2.24 bits per heavy atom. The highest BCUT2D eigenvalue weighted by Crippen LogP contribution is 2.16. The van der Waals surface area contributed by atoms with Gasteiger partial charge >= 0.3 is 6.03 Å². The molecule has 3 rings (SSSR count). The van der Waals surface area contributed by atoms with Crippen molar-refractivity contribution in [3.8, 4) is 0 Å². The number of benzene rings is 2. The Hall–Kier alpha value is -3.35. The van der Waals surface area contributed by atoms with Crippen molar-refractivity contribution in [2.24, 2.45) is 11.1 Å². The van der Waals surface area contributed by atoms with E-state index in [1.54, 1.807) is 6.07 Å². The van der Waals surface area contributed by atoms with Crippen LogP contribution >= 0.6 is 0 Å². The van der Waals surface area contributed by atoms with E-state index in [4.69, 9.17) is 5.14 Å². The van der Waals surface area contributed by atoms with Gasteiger partial charge < -0.3 is 15.5 Å². The van der Waals surface area contributed by atoms with E-state index in [0.29, 0.717) is 31.6 Å². The highest BCUT2D eigenvalue weighted by Gasteiger charge is 2.29. The third-order valence-electron chi connectivity index (χ3n) is 5.30. The van der Waals surface area contributed by atoms with E-state index in [9.17, 15) is 27.2 Å². The smallest absolute Gasteiger partial charge is 0.326 e. The number of rotatable bonds is 6. The van der Waals surface area contributed by atoms with Gasteiger partial charge in [0.1, 0.15) is 5.82 Å². The van der Waals surface area contributed by atoms with Gasteiger partial charge in [0.05, 0.1) is 23.7 Å². The number of primary sulfonamides is 1. The molecule has 1 aliphatic heterocycles. The van der Waals surface area contributed by atoms with E-state index in [-0.39, 0.29) is 29.0 Å². The molecule has 0 radical (unpaired) electrons. The zero-order valence-electron chi connectivity index (χ0n) is 17.6. The van der Waals surface area contributed by atoms with Crippen LogP contribution in [0.2, 0.25) is 0 Å². The molecule has 2 aromatic rings. The summed E-state index contributed by atoms with van der Waals surface area (Å²) in [7, 11) is -3.80. The first-order valence-electron chi connectivity index (χ1n) is 10.2. The predicted molar refractivity (Wildman–Crippen MR) is 118 cm³/mol. The van der Waals surface area contributed by atoms with E-state index in [1.165, 1.54) is 42.5 Å². The SMILES string of the molecule is NS(=O)(=O)c1ccc(NC(=O)C2CC[NH+](CC(=O)NC(=O)Nc3ccccc3F)CC2)cc1. The van der Waals surface area contributed by atoms with Crippen LogP contribution in [0.1, 0.15) is 12.8 Å². The van der Waals surface area contributed by atoms with Gasteiger partial charge in [-0.3, -0.25) is 14.9 Å². The number of carbonyl (C=O) groups excluding carboxylic acids is 3. The number of anilines is 2. The van der Waals surface area contributed by atoms with Crippen LogP contribution in [-0.2, 0) is 19.6 Å². The van der Waals surface area contributed by atoms with Gasteiger partial charge in [-0.15, -0.1) is 0 Å². The fraction of sp³-hybridized carbons (Fsp3) is 0.286. The Balaban J connectivity index is 1.41. The van der Waals surface area contributed by atoms with E-state index >= 15 is 0 Å². The van der Waals surface area contributed by atoms with E-state index in [2.05, 4.69) is 16.0 Å². The van der Waals surface area contributed by atoms with Gasteiger partial charge in [0.25, 0.3) is 5.91 Å². The quantitative estimate of drug-likeness (QED) is 0.397. The topological polar surface area (TPSA) is 152 Å². The Bertz CT molecular complexity index is 1130. The first kappa shape index (κ1) is 24.3. The van der Waals surface area contributed by atoms with Crippen molar-refractivity contribution in [3.63, 3.8) is 0 Å². The number of amides is 4. The minimum absolute atomic E-state index is 0.0266. The zero-order chi connectivity index (χ0) is 24.0. The van der Waals surface area contributed by atoms with Crippen LogP contribution in [0, 0.1) is 11.7 Å². The van der Waals surface area contributed by atoms with Crippen molar-refractivity contribution in [2.75, 3.05) is 30.3 Å². The van der Waals surface area contributed by atoms with E-state index in [0.717, 1.165) is 4.90 Å². The van der Waals surface area contributed by atoms with Crippen LogP contribution in [0.25, 0.3) is 0 Å².